The summed E-state index contributed by atoms with van der Waals surface area (Å²) in [6, 6.07) is 21.0. The number of carbonyl (C=O) groups is 2. The molecular weight excluding hydrogens is 430 g/mol. The molecule has 0 bridgehead atoms. The third-order valence-corrected chi connectivity index (χ3v) is 4.83. The van der Waals surface area contributed by atoms with Gasteiger partial charge in [0.1, 0.15) is 5.70 Å². The first-order valence-corrected chi connectivity index (χ1v) is 10.0. The first-order chi connectivity index (χ1) is 15.6. The zero-order valence-corrected chi connectivity index (χ0v) is 17.5. The summed E-state index contributed by atoms with van der Waals surface area (Å²) in [5.74, 6) is 0.164. The average Bonchev–Trinajstić information content (AvgIpc) is 3.27. The number of nitrogens with one attached hydrogen (secondary N) is 2. The molecule has 3 aromatic rings. The minimum atomic E-state index is -0.591. The molecule has 160 valence electrons. The van der Waals surface area contributed by atoms with E-state index in [1.165, 1.54) is 6.21 Å². The summed E-state index contributed by atoms with van der Waals surface area (Å²) in [5.41, 5.74) is 4.15. The van der Waals surface area contributed by atoms with Crippen LogP contribution in [0.5, 0.6) is 11.5 Å². The molecule has 1 aliphatic heterocycles. The lowest BCUT2D eigenvalue weighted by atomic mass is 10.1. The number of halogens is 1. The van der Waals surface area contributed by atoms with E-state index in [0.717, 1.165) is 5.56 Å². The number of nitrogens with zero attached hydrogens (tertiary/aromatic N) is 1. The predicted octanol–water partition coefficient (Wildman–Crippen LogP) is 3.99. The van der Waals surface area contributed by atoms with E-state index in [0.29, 0.717) is 17.1 Å². The third-order valence-electron chi connectivity index (χ3n) is 4.50. The first-order valence-electron chi connectivity index (χ1n) is 9.66. The Morgan fingerprint density at radius 2 is 1.66 bits per heavy atom. The molecule has 0 fully saturated rings. The van der Waals surface area contributed by atoms with Gasteiger partial charge >= 0.3 is 0 Å². The second-order valence-corrected chi connectivity index (χ2v) is 7.12. The predicted molar refractivity (Wildman–Crippen MR) is 122 cm³/mol. The SMILES string of the molecule is O=C(NN=Cc1ccc2c(c1)OCO2)/C(=C\c1ccccc1)NC(=O)c1ccccc1Cl. The van der Waals surface area contributed by atoms with E-state index in [9.17, 15) is 9.59 Å². The summed E-state index contributed by atoms with van der Waals surface area (Å²) in [7, 11) is 0. The highest BCUT2D eigenvalue weighted by molar-refractivity contribution is 6.34. The number of hydrazone groups is 1. The molecule has 3 aromatic carbocycles. The van der Waals surface area contributed by atoms with E-state index in [1.54, 1.807) is 48.5 Å². The average molecular weight is 448 g/mol. The van der Waals surface area contributed by atoms with Gasteiger partial charge in [0.2, 0.25) is 6.79 Å². The molecule has 7 nitrogen and oxygen atoms in total. The van der Waals surface area contributed by atoms with E-state index in [2.05, 4.69) is 15.8 Å². The summed E-state index contributed by atoms with van der Waals surface area (Å²) in [6.45, 7) is 0.172. The van der Waals surface area contributed by atoms with Crippen LogP contribution in [0, 0.1) is 0 Å². The molecule has 0 radical (unpaired) electrons. The van der Waals surface area contributed by atoms with E-state index < -0.39 is 11.8 Å². The van der Waals surface area contributed by atoms with Crippen molar-refractivity contribution in [1.82, 2.24) is 10.7 Å². The molecule has 1 heterocycles. The standard InChI is InChI=1S/C24H18ClN3O4/c25-19-9-5-4-8-18(19)23(29)27-20(12-16-6-2-1-3-7-16)24(30)28-26-14-17-10-11-21-22(13-17)32-15-31-21/h1-14H,15H2,(H,27,29)(H,28,30)/b20-12+,26-14?. The molecule has 8 heteroatoms. The lowest BCUT2D eigenvalue weighted by Gasteiger charge is -2.10. The van der Waals surface area contributed by atoms with Gasteiger partial charge in [0, 0.05) is 0 Å². The van der Waals surface area contributed by atoms with Crippen molar-refractivity contribution in [1.29, 1.82) is 0 Å². The van der Waals surface area contributed by atoms with Crippen LogP contribution < -0.4 is 20.2 Å². The van der Waals surface area contributed by atoms with Gasteiger partial charge in [-0.3, -0.25) is 9.59 Å². The summed E-state index contributed by atoms with van der Waals surface area (Å²) in [6.07, 6.45) is 3.02. The molecular formula is C24H18ClN3O4. The van der Waals surface area contributed by atoms with Crippen molar-refractivity contribution in [2.45, 2.75) is 0 Å². The van der Waals surface area contributed by atoms with E-state index in [1.807, 2.05) is 30.3 Å². The number of ether oxygens (including phenoxy) is 2. The second kappa shape index (κ2) is 9.80. The van der Waals surface area contributed by atoms with E-state index >= 15 is 0 Å². The van der Waals surface area contributed by atoms with Gasteiger partial charge in [-0.15, -0.1) is 0 Å². The molecule has 2 amide bonds. The quantitative estimate of drug-likeness (QED) is 0.339. The van der Waals surface area contributed by atoms with E-state index in [4.69, 9.17) is 21.1 Å². The van der Waals surface area contributed by atoms with Crippen molar-refractivity contribution in [2.24, 2.45) is 5.10 Å². The minimum Gasteiger partial charge on any atom is -0.454 e. The lowest BCUT2D eigenvalue weighted by molar-refractivity contribution is -0.117. The first kappa shape index (κ1) is 21.1. The van der Waals surface area contributed by atoms with Gasteiger partial charge in [0.25, 0.3) is 11.8 Å². The van der Waals surface area contributed by atoms with Gasteiger partial charge in [0.05, 0.1) is 16.8 Å². The zero-order chi connectivity index (χ0) is 22.3. The van der Waals surface area contributed by atoms with Crippen molar-refractivity contribution in [2.75, 3.05) is 6.79 Å². The van der Waals surface area contributed by atoms with Gasteiger partial charge in [0.15, 0.2) is 11.5 Å². The van der Waals surface area contributed by atoms with Crippen molar-refractivity contribution in [3.05, 3.63) is 100 Å². The Morgan fingerprint density at radius 3 is 2.47 bits per heavy atom. The molecule has 0 atom stereocenters. The van der Waals surface area contributed by atoms with Crippen LogP contribution >= 0.6 is 11.6 Å². The Bertz CT molecular complexity index is 1210. The number of hydrogen-bond acceptors (Lipinski definition) is 5. The maximum atomic E-state index is 12.8. The minimum absolute atomic E-state index is 0.0176. The normalized spacial score (nSPS) is 12.6. The van der Waals surface area contributed by atoms with Crippen molar-refractivity contribution in [3.8, 4) is 11.5 Å². The molecule has 0 spiro atoms. The summed E-state index contributed by atoms with van der Waals surface area (Å²) < 4.78 is 10.6. The smallest absolute Gasteiger partial charge is 0.287 e. The van der Waals surface area contributed by atoms with Crippen LogP contribution in [0.4, 0.5) is 0 Å². The molecule has 0 aromatic heterocycles. The van der Waals surface area contributed by atoms with E-state index in [-0.39, 0.29) is 23.1 Å². The fraction of sp³-hybridized carbons (Fsp3) is 0.0417. The summed E-state index contributed by atoms with van der Waals surface area (Å²) in [4.78, 5) is 25.5. The van der Waals surface area contributed by atoms with Gasteiger partial charge in [-0.25, -0.2) is 5.43 Å². The molecule has 0 saturated heterocycles. The maximum Gasteiger partial charge on any atom is 0.287 e. The Balaban J connectivity index is 1.51. The van der Waals surface area contributed by atoms with Crippen LogP contribution in [0.3, 0.4) is 0 Å². The molecule has 1 aliphatic rings. The van der Waals surface area contributed by atoms with Crippen LogP contribution in [0.15, 0.2) is 83.6 Å². The highest BCUT2D eigenvalue weighted by atomic mass is 35.5. The molecule has 0 unspecified atom stereocenters. The largest absolute Gasteiger partial charge is 0.454 e. The molecule has 2 N–H and O–H groups in total. The van der Waals surface area contributed by atoms with Crippen LogP contribution in [-0.4, -0.2) is 24.8 Å². The number of amides is 2. The van der Waals surface area contributed by atoms with Crippen LogP contribution in [0.1, 0.15) is 21.5 Å². The number of hydrogen-bond donors (Lipinski definition) is 2. The second-order valence-electron chi connectivity index (χ2n) is 6.71. The monoisotopic (exact) mass is 447 g/mol. The van der Waals surface area contributed by atoms with Gasteiger partial charge in [-0.2, -0.15) is 5.10 Å². The van der Waals surface area contributed by atoms with Crippen LogP contribution in [0.2, 0.25) is 5.02 Å². The van der Waals surface area contributed by atoms with Gasteiger partial charge < -0.3 is 14.8 Å². The number of rotatable bonds is 6. The summed E-state index contributed by atoms with van der Waals surface area (Å²) in [5, 5.41) is 6.89. The lowest BCUT2D eigenvalue weighted by Crippen LogP contribution is -2.33. The maximum absolute atomic E-state index is 12.8. The van der Waals surface area contributed by atoms with Crippen molar-refractivity contribution >= 4 is 35.7 Å². The fourth-order valence-corrected chi connectivity index (χ4v) is 3.15. The van der Waals surface area contributed by atoms with Gasteiger partial charge in [-0.1, -0.05) is 54.1 Å². The van der Waals surface area contributed by atoms with Crippen LogP contribution in [0.25, 0.3) is 6.08 Å². The van der Waals surface area contributed by atoms with Crippen molar-refractivity contribution in [3.63, 3.8) is 0 Å². The molecule has 0 saturated carbocycles. The summed E-state index contributed by atoms with van der Waals surface area (Å²) >= 11 is 6.11. The zero-order valence-electron chi connectivity index (χ0n) is 16.7. The molecule has 0 aliphatic carbocycles. The number of benzene rings is 3. The molecule has 32 heavy (non-hydrogen) atoms. The number of fused-ring (bicyclic) bond motifs is 1. The molecule has 4 rings (SSSR count). The Kier molecular flexibility index (Phi) is 6.48. The highest BCUT2D eigenvalue weighted by Crippen LogP contribution is 2.31. The Hall–Kier alpha value is -4.10. The van der Waals surface area contributed by atoms with Crippen LogP contribution in [-0.2, 0) is 4.79 Å². The Morgan fingerprint density at radius 1 is 0.906 bits per heavy atom. The highest BCUT2D eigenvalue weighted by Gasteiger charge is 2.16. The topological polar surface area (TPSA) is 89.0 Å². The number of carbonyl (C=O) groups excluding carboxylic acids is 2. The Labute approximate surface area is 189 Å². The van der Waals surface area contributed by atoms with Gasteiger partial charge in [-0.05, 0) is 47.5 Å². The van der Waals surface area contributed by atoms with Crippen molar-refractivity contribution < 1.29 is 19.1 Å². The third kappa shape index (κ3) is 5.14. The fourth-order valence-electron chi connectivity index (χ4n) is 2.93.